The molecule has 17 atom stereocenters. The lowest BCUT2D eigenvalue weighted by Crippen LogP contribution is -2.63. The normalized spacial score (nSPS) is 43.0. The third-order valence-electron chi connectivity index (χ3n) is 12.8. The molecule has 0 radical (unpaired) electrons. The van der Waals surface area contributed by atoms with Gasteiger partial charge in [-0.25, -0.2) is 0 Å². The van der Waals surface area contributed by atoms with Crippen LogP contribution in [0.1, 0.15) is 108 Å². The fourth-order valence-corrected chi connectivity index (χ4v) is 8.98. The zero-order valence-electron chi connectivity index (χ0n) is 33.9. The number of rotatable bonds is 13. The van der Waals surface area contributed by atoms with E-state index in [2.05, 4.69) is 6.92 Å². The van der Waals surface area contributed by atoms with Crippen LogP contribution in [0.3, 0.4) is 0 Å². The highest BCUT2D eigenvalue weighted by molar-refractivity contribution is 5.88. The van der Waals surface area contributed by atoms with Gasteiger partial charge in [-0.15, -0.1) is 0 Å². The van der Waals surface area contributed by atoms with Gasteiger partial charge < -0.3 is 54.7 Å². The lowest BCUT2D eigenvalue weighted by atomic mass is 9.51. The molecule has 0 bridgehead atoms. The monoisotopic (exact) mass is 764 g/mol. The fourth-order valence-electron chi connectivity index (χ4n) is 8.98. The minimum Gasteiger partial charge on any atom is -0.388 e. The zero-order chi connectivity index (χ0) is 40.4. The molecule has 2 saturated heterocycles. The van der Waals surface area contributed by atoms with E-state index in [4.69, 9.17) is 18.9 Å². The van der Waals surface area contributed by atoms with Gasteiger partial charge in [-0.3, -0.25) is 4.79 Å². The standard InChI is InChI=1S/C42H68O12/c1-21(2)13-15-30(43)23(5)17-19-42(50)29(32(44)25(7)28-12-11-18-41(28,42)10)20-24(6)31(16-14-22(3)4)53-39-37(49)35(47)38(27(9)52-39)54-40-36(48)34(46)33(45)26(8)51-40/h13-14,17,20,25-31,33-40,43,45-50H,11-12,15-16,18-19H2,1-10H3/b23-17+,24-20+/t25-,26-,27+,28-,29-,30+,31-,33-,34+,35+,36+,37+,38-,39-,40-,41-,42-/m0/s1. The number of carbonyl (C=O) groups excluding carboxylic acids is 1. The lowest BCUT2D eigenvalue weighted by molar-refractivity contribution is -0.354. The molecule has 0 aromatic carbocycles. The van der Waals surface area contributed by atoms with Gasteiger partial charge in [0.1, 0.15) is 42.4 Å². The van der Waals surface area contributed by atoms with Crippen molar-refractivity contribution in [2.75, 3.05) is 0 Å². The zero-order valence-corrected chi connectivity index (χ0v) is 33.9. The average molecular weight is 765 g/mol. The lowest BCUT2D eigenvalue weighted by Gasteiger charge is -2.55. The minimum absolute atomic E-state index is 0.0163. The number of aliphatic hydroxyl groups is 7. The number of fused-ring (bicyclic) bond motifs is 1. The van der Waals surface area contributed by atoms with Crippen LogP contribution in [0.25, 0.3) is 0 Å². The highest BCUT2D eigenvalue weighted by atomic mass is 16.7. The number of Topliss-reactive ketones (excluding diaryl/α,β-unsaturated/α-hetero) is 1. The van der Waals surface area contributed by atoms with E-state index in [9.17, 15) is 40.5 Å². The molecule has 4 rings (SSSR count). The Balaban J connectivity index is 1.62. The molecule has 0 aromatic rings. The van der Waals surface area contributed by atoms with Gasteiger partial charge in [-0.1, -0.05) is 55.7 Å². The maximum Gasteiger partial charge on any atom is 0.187 e. The van der Waals surface area contributed by atoms with Crippen molar-refractivity contribution in [3.05, 3.63) is 46.6 Å². The highest BCUT2D eigenvalue weighted by Gasteiger charge is 2.64. The van der Waals surface area contributed by atoms with Gasteiger partial charge in [0, 0.05) is 11.3 Å². The quantitative estimate of drug-likeness (QED) is 0.134. The highest BCUT2D eigenvalue weighted by Crippen LogP contribution is 2.61. The van der Waals surface area contributed by atoms with Crippen LogP contribution in [0.5, 0.6) is 0 Å². The summed E-state index contributed by atoms with van der Waals surface area (Å²) in [6.45, 7) is 18.7. The Morgan fingerprint density at radius 2 is 1.41 bits per heavy atom. The fraction of sp³-hybridized carbons (Fsp3) is 0.786. The van der Waals surface area contributed by atoms with Crippen LogP contribution in [0.15, 0.2) is 46.6 Å². The molecule has 2 aliphatic carbocycles. The van der Waals surface area contributed by atoms with E-state index in [1.807, 2.05) is 72.8 Å². The molecular weight excluding hydrogens is 696 g/mol. The molecule has 12 nitrogen and oxygen atoms in total. The Morgan fingerprint density at radius 1 is 0.815 bits per heavy atom. The van der Waals surface area contributed by atoms with Crippen molar-refractivity contribution in [3.8, 4) is 0 Å². The summed E-state index contributed by atoms with van der Waals surface area (Å²) in [5.74, 6) is -1.17. The van der Waals surface area contributed by atoms with Crippen molar-refractivity contribution in [1.82, 2.24) is 0 Å². The van der Waals surface area contributed by atoms with Crippen molar-refractivity contribution in [3.63, 3.8) is 0 Å². The number of hydrogen-bond acceptors (Lipinski definition) is 12. The summed E-state index contributed by atoms with van der Waals surface area (Å²) in [4.78, 5) is 14.3. The summed E-state index contributed by atoms with van der Waals surface area (Å²) in [6.07, 6.45) is -3.53. The van der Waals surface area contributed by atoms with Crippen LogP contribution < -0.4 is 0 Å². The van der Waals surface area contributed by atoms with Gasteiger partial charge in [0.05, 0.1) is 35.9 Å². The van der Waals surface area contributed by atoms with Crippen molar-refractivity contribution >= 4 is 5.78 Å². The SMILES string of the molecule is CC(C)=CC[C@@H](O)/C(C)=C/C[C@]1(O)[C@@H](/C=C(\C)[C@H](CC=C(C)C)O[C@@H]2O[C@H](C)[C@H](O[C@@H]3O[C@@H](C)[C@H](O)[C@@H](O)[C@H]3O)[C@H](O)[C@H]2O)C(=O)[C@@H](C)[C@@H]2CCC[C@@]21C. The first kappa shape index (κ1) is 44.9. The Kier molecular flexibility index (Phi) is 15.1. The van der Waals surface area contributed by atoms with Crippen LogP contribution in [-0.2, 0) is 23.7 Å². The summed E-state index contributed by atoms with van der Waals surface area (Å²) in [7, 11) is 0. The van der Waals surface area contributed by atoms with Gasteiger partial charge in [-0.2, -0.15) is 0 Å². The van der Waals surface area contributed by atoms with Gasteiger partial charge in [0.15, 0.2) is 12.6 Å². The number of aliphatic hydroxyl groups excluding tert-OH is 6. The first-order valence-electron chi connectivity index (χ1n) is 19.7. The first-order valence-corrected chi connectivity index (χ1v) is 19.7. The van der Waals surface area contributed by atoms with Crippen LogP contribution in [0, 0.1) is 23.2 Å². The van der Waals surface area contributed by atoms with Gasteiger partial charge in [-0.05, 0) is 105 Å². The second-order valence-corrected chi connectivity index (χ2v) is 17.2. The summed E-state index contributed by atoms with van der Waals surface area (Å²) < 4.78 is 23.9. The summed E-state index contributed by atoms with van der Waals surface area (Å²) in [5, 5.41) is 77.1. The Bertz CT molecular complexity index is 1420. The number of allylic oxidation sites excluding steroid dienone is 2. The molecule has 0 aromatic heterocycles. The van der Waals surface area contributed by atoms with Crippen molar-refractivity contribution in [2.24, 2.45) is 23.2 Å². The summed E-state index contributed by atoms with van der Waals surface area (Å²) in [6, 6.07) is 0. The van der Waals surface area contributed by atoms with Gasteiger partial charge in [0.2, 0.25) is 0 Å². The summed E-state index contributed by atoms with van der Waals surface area (Å²) >= 11 is 0. The van der Waals surface area contributed by atoms with E-state index in [0.717, 1.165) is 36.0 Å². The molecule has 2 aliphatic heterocycles. The molecule has 0 unspecified atom stereocenters. The maximum absolute atomic E-state index is 14.3. The van der Waals surface area contributed by atoms with E-state index in [1.54, 1.807) is 6.92 Å². The number of ether oxygens (including phenoxy) is 4. The van der Waals surface area contributed by atoms with Crippen LogP contribution in [0.4, 0.5) is 0 Å². The van der Waals surface area contributed by atoms with E-state index < -0.39 is 90.6 Å². The number of carbonyl (C=O) groups is 1. The summed E-state index contributed by atoms with van der Waals surface area (Å²) in [5.41, 5.74) is 1.51. The van der Waals surface area contributed by atoms with E-state index >= 15 is 0 Å². The Labute approximate surface area is 321 Å². The van der Waals surface area contributed by atoms with Crippen LogP contribution in [-0.4, -0.2) is 121 Å². The molecular formula is C42H68O12. The second kappa shape index (κ2) is 18.2. The molecule has 308 valence electrons. The molecule has 2 heterocycles. The van der Waals surface area contributed by atoms with E-state index in [0.29, 0.717) is 18.4 Å². The molecule has 4 fully saturated rings. The molecule has 12 heteroatoms. The first-order chi connectivity index (χ1) is 25.1. The molecule has 7 N–H and O–H groups in total. The van der Waals surface area contributed by atoms with Crippen molar-refractivity contribution in [1.29, 1.82) is 0 Å². The Hall–Kier alpha value is -1.81. The topological polar surface area (TPSA) is 196 Å². The molecule has 0 amide bonds. The maximum atomic E-state index is 14.3. The van der Waals surface area contributed by atoms with Gasteiger partial charge in [0.25, 0.3) is 0 Å². The van der Waals surface area contributed by atoms with E-state index in [-0.39, 0.29) is 24.0 Å². The minimum atomic E-state index is -1.61. The number of ketones is 1. The molecule has 54 heavy (non-hydrogen) atoms. The smallest absolute Gasteiger partial charge is 0.187 e. The second-order valence-electron chi connectivity index (χ2n) is 17.2. The third-order valence-corrected chi connectivity index (χ3v) is 12.8. The predicted octanol–water partition coefficient (Wildman–Crippen LogP) is 3.78. The average Bonchev–Trinajstić information content (AvgIpc) is 3.53. The Morgan fingerprint density at radius 3 is 2.04 bits per heavy atom. The number of hydrogen-bond donors (Lipinski definition) is 7. The molecule has 0 spiro atoms. The van der Waals surface area contributed by atoms with E-state index in [1.165, 1.54) is 6.92 Å². The predicted molar refractivity (Wildman–Crippen MR) is 203 cm³/mol. The molecule has 2 saturated carbocycles. The van der Waals surface area contributed by atoms with Crippen LogP contribution in [0.2, 0.25) is 0 Å². The third kappa shape index (κ3) is 9.31. The molecule has 4 aliphatic rings. The van der Waals surface area contributed by atoms with Crippen molar-refractivity contribution in [2.45, 2.75) is 187 Å². The van der Waals surface area contributed by atoms with Crippen molar-refractivity contribution < 1.29 is 59.5 Å². The van der Waals surface area contributed by atoms with Crippen LogP contribution >= 0.6 is 0 Å². The van der Waals surface area contributed by atoms with Gasteiger partial charge >= 0.3 is 0 Å². The largest absolute Gasteiger partial charge is 0.388 e.